The van der Waals surface area contributed by atoms with Crippen molar-refractivity contribution in [2.24, 2.45) is 40.4 Å². The fourth-order valence-electron chi connectivity index (χ4n) is 8.30. The van der Waals surface area contributed by atoms with Crippen molar-refractivity contribution in [3.05, 3.63) is 53.6 Å². The van der Waals surface area contributed by atoms with Gasteiger partial charge in [0, 0.05) is 5.41 Å². The highest BCUT2D eigenvalue weighted by Crippen LogP contribution is 2.66. The molecule has 5 heteroatoms. The van der Waals surface area contributed by atoms with Crippen LogP contribution in [-0.2, 0) is 14.3 Å². The Bertz CT molecular complexity index is 1090. The molecule has 0 aromatic heterocycles. The van der Waals surface area contributed by atoms with Gasteiger partial charge in [-0.2, -0.15) is 8.42 Å². The largest absolute Gasteiger partial charge is 0.389 e. The van der Waals surface area contributed by atoms with Gasteiger partial charge in [0.15, 0.2) is 0 Å². The van der Waals surface area contributed by atoms with E-state index < -0.39 is 10.1 Å². The summed E-state index contributed by atoms with van der Waals surface area (Å²) in [5, 5.41) is 10.2. The van der Waals surface area contributed by atoms with Crippen LogP contribution in [0, 0.1) is 47.3 Å². The molecule has 0 saturated heterocycles. The first-order chi connectivity index (χ1) is 16.0. The number of rotatable bonds is 5. The monoisotopic (exact) mass is 484 g/mol. The highest BCUT2D eigenvalue weighted by molar-refractivity contribution is 7.86. The third-order valence-corrected chi connectivity index (χ3v) is 11.5. The van der Waals surface area contributed by atoms with Gasteiger partial charge in [-0.25, -0.2) is 0 Å². The fourth-order valence-corrected chi connectivity index (χ4v) is 9.30. The topological polar surface area (TPSA) is 63.6 Å². The molecule has 2 saturated carbocycles. The van der Waals surface area contributed by atoms with E-state index in [4.69, 9.17) is 4.18 Å². The molecule has 0 amide bonds. The number of benzene rings is 1. The molecule has 4 aliphatic carbocycles. The smallest absolute Gasteiger partial charge is 0.296 e. The second kappa shape index (κ2) is 8.60. The van der Waals surface area contributed by atoms with Gasteiger partial charge < -0.3 is 5.11 Å². The summed E-state index contributed by atoms with van der Waals surface area (Å²) in [6.07, 6.45) is 13.1. The summed E-state index contributed by atoms with van der Waals surface area (Å²) in [7, 11) is -3.73. The zero-order chi connectivity index (χ0) is 24.3. The van der Waals surface area contributed by atoms with Gasteiger partial charge in [-0.3, -0.25) is 4.18 Å². The summed E-state index contributed by atoms with van der Waals surface area (Å²) in [4.78, 5) is 0.241. The lowest BCUT2D eigenvalue weighted by molar-refractivity contribution is -0.0383. The molecule has 1 aromatic rings. The van der Waals surface area contributed by atoms with E-state index in [-0.39, 0.29) is 34.4 Å². The molecule has 0 aliphatic heterocycles. The maximum absolute atomic E-state index is 12.8. The van der Waals surface area contributed by atoms with Gasteiger partial charge in [0.25, 0.3) is 10.1 Å². The van der Waals surface area contributed by atoms with Gasteiger partial charge in [0.2, 0.25) is 0 Å². The molecule has 4 aliphatic rings. The van der Waals surface area contributed by atoms with E-state index in [2.05, 4.69) is 32.9 Å². The summed E-state index contributed by atoms with van der Waals surface area (Å²) < 4.78 is 31.1. The molecule has 0 bridgehead atoms. The molecule has 5 rings (SSSR count). The maximum atomic E-state index is 12.8. The standard InChI is InChI=1S/C29H40O4S/c1-19-5-8-23(9-6-19)34(31,32)33-18-20(2)25-11-12-26-24-10-7-21-17-22(30)13-15-28(21,3)27(24)14-16-29(25,26)4/h5-9,13,15,20,22,24-27,30H,10-12,14,16-18H2,1-4H3/t20-,22+,24+,25-,26+,27+,28+,29-/m1/s1. The molecule has 4 nitrogen and oxygen atoms in total. The van der Waals surface area contributed by atoms with E-state index in [1.54, 1.807) is 12.1 Å². The van der Waals surface area contributed by atoms with Crippen molar-refractivity contribution in [2.75, 3.05) is 6.61 Å². The van der Waals surface area contributed by atoms with E-state index in [1.165, 1.54) is 24.8 Å². The Labute approximate surface area is 205 Å². The van der Waals surface area contributed by atoms with Crippen molar-refractivity contribution in [1.29, 1.82) is 0 Å². The van der Waals surface area contributed by atoms with Gasteiger partial charge in [0.05, 0.1) is 17.6 Å². The Morgan fingerprint density at radius 1 is 1.12 bits per heavy atom. The molecule has 0 radical (unpaired) electrons. The van der Waals surface area contributed by atoms with Crippen molar-refractivity contribution in [2.45, 2.75) is 77.2 Å². The van der Waals surface area contributed by atoms with Gasteiger partial charge in [-0.1, -0.05) is 62.3 Å². The summed E-state index contributed by atoms with van der Waals surface area (Å²) >= 11 is 0. The van der Waals surface area contributed by atoms with Crippen molar-refractivity contribution < 1.29 is 17.7 Å². The van der Waals surface area contributed by atoms with Crippen LogP contribution in [0.2, 0.25) is 0 Å². The SMILES string of the molecule is Cc1ccc(S(=O)(=O)OC[C@@H](C)[C@H]2CC[C@H]3[C@@H]4CC=C5C[C@@H](O)C=C[C@]5(C)[C@H]4CC[C@]23C)cc1. The predicted octanol–water partition coefficient (Wildman–Crippen LogP) is 6.05. The number of hydrogen-bond acceptors (Lipinski definition) is 4. The second-order valence-electron chi connectivity index (χ2n) is 12.0. The fraction of sp³-hybridized carbons (Fsp3) is 0.655. The van der Waals surface area contributed by atoms with Crippen LogP contribution >= 0.6 is 0 Å². The Balaban J connectivity index is 1.30. The number of hydrogen-bond donors (Lipinski definition) is 1. The van der Waals surface area contributed by atoms with Crippen molar-refractivity contribution in [1.82, 2.24) is 0 Å². The summed E-state index contributed by atoms with van der Waals surface area (Å²) in [6, 6.07) is 6.89. The predicted molar refractivity (Wildman–Crippen MR) is 135 cm³/mol. The highest BCUT2D eigenvalue weighted by Gasteiger charge is 2.58. The van der Waals surface area contributed by atoms with Crippen LogP contribution in [0.15, 0.2) is 53.0 Å². The van der Waals surface area contributed by atoms with Crippen molar-refractivity contribution >= 4 is 10.1 Å². The average Bonchev–Trinajstić information content (AvgIpc) is 3.15. The number of fused-ring (bicyclic) bond motifs is 5. The Hall–Kier alpha value is -1.43. The number of allylic oxidation sites excluding steroid dienone is 2. The van der Waals surface area contributed by atoms with Crippen LogP contribution in [0.25, 0.3) is 0 Å². The quantitative estimate of drug-likeness (QED) is 0.408. The Kier molecular flexibility index (Phi) is 6.14. The molecule has 2 fully saturated rings. The Morgan fingerprint density at radius 2 is 1.85 bits per heavy atom. The van der Waals surface area contributed by atoms with Gasteiger partial charge in [-0.15, -0.1) is 0 Å². The summed E-state index contributed by atoms with van der Waals surface area (Å²) in [5.41, 5.74) is 2.78. The zero-order valence-electron chi connectivity index (χ0n) is 21.0. The molecule has 1 N–H and O–H groups in total. The summed E-state index contributed by atoms with van der Waals surface area (Å²) in [5.74, 6) is 2.65. The van der Waals surface area contributed by atoms with Crippen LogP contribution in [0.4, 0.5) is 0 Å². The lowest BCUT2D eigenvalue weighted by Crippen LogP contribution is -2.50. The highest BCUT2D eigenvalue weighted by atomic mass is 32.2. The van der Waals surface area contributed by atoms with E-state index in [0.717, 1.165) is 24.8 Å². The normalized spacial score (nSPS) is 40.1. The first-order valence-electron chi connectivity index (χ1n) is 13.1. The molecule has 34 heavy (non-hydrogen) atoms. The van der Waals surface area contributed by atoms with Gasteiger partial charge >= 0.3 is 0 Å². The lowest BCUT2D eigenvalue weighted by Gasteiger charge is -2.57. The molecule has 186 valence electrons. The van der Waals surface area contributed by atoms with Crippen LogP contribution in [0.5, 0.6) is 0 Å². The minimum absolute atomic E-state index is 0.0818. The van der Waals surface area contributed by atoms with Crippen molar-refractivity contribution in [3.8, 4) is 0 Å². The minimum atomic E-state index is -3.73. The first-order valence-corrected chi connectivity index (χ1v) is 14.5. The summed E-state index contributed by atoms with van der Waals surface area (Å²) in [6.45, 7) is 9.24. The maximum Gasteiger partial charge on any atom is 0.296 e. The van der Waals surface area contributed by atoms with E-state index >= 15 is 0 Å². The average molecular weight is 485 g/mol. The minimum Gasteiger partial charge on any atom is -0.389 e. The van der Waals surface area contributed by atoms with E-state index in [9.17, 15) is 13.5 Å². The second-order valence-corrected chi connectivity index (χ2v) is 13.6. The third-order valence-electron chi connectivity index (χ3n) is 10.2. The molecule has 1 aromatic carbocycles. The molecular formula is C29H40O4S. The number of aliphatic hydroxyl groups excluding tert-OH is 1. The Morgan fingerprint density at radius 3 is 2.59 bits per heavy atom. The molecule has 0 unspecified atom stereocenters. The van der Waals surface area contributed by atoms with Crippen LogP contribution < -0.4 is 0 Å². The first kappa shape index (κ1) is 24.3. The lowest BCUT2D eigenvalue weighted by atomic mass is 9.48. The van der Waals surface area contributed by atoms with E-state index in [1.807, 2.05) is 25.1 Å². The van der Waals surface area contributed by atoms with E-state index in [0.29, 0.717) is 23.7 Å². The van der Waals surface area contributed by atoms with Gasteiger partial charge in [0.1, 0.15) is 0 Å². The molecule has 0 spiro atoms. The third kappa shape index (κ3) is 3.92. The van der Waals surface area contributed by atoms with Crippen LogP contribution in [-0.4, -0.2) is 26.2 Å². The van der Waals surface area contributed by atoms with Gasteiger partial charge in [-0.05, 0) is 92.6 Å². The van der Waals surface area contributed by atoms with Crippen LogP contribution in [0.1, 0.15) is 64.9 Å². The van der Waals surface area contributed by atoms with Crippen LogP contribution in [0.3, 0.4) is 0 Å². The van der Waals surface area contributed by atoms with Crippen molar-refractivity contribution in [3.63, 3.8) is 0 Å². The molecular weight excluding hydrogens is 444 g/mol. The number of aliphatic hydroxyl groups is 1. The molecule has 0 heterocycles. The number of aryl methyl sites for hydroxylation is 1. The molecule has 8 atom stereocenters. The zero-order valence-corrected chi connectivity index (χ0v) is 21.9.